The molecule has 0 bridgehead atoms. The summed E-state index contributed by atoms with van der Waals surface area (Å²) in [6.45, 7) is 4.98. The van der Waals surface area contributed by atoms with Crippen molar-refractivity contribution in [2.45, 2.75) is 241 Å². The van der Waals surface area contributed by atoms with Crippen LogP contribution < -0.4 is 42.5 Å². The van der Waals surface area contributed by atoms with Crippen LogP contribution in [0.5, 0.6) is 0 Å². The molecule has 31 nitrogen and oxygen atoms in total. The standard InChI is InChI=1S/C55H98N8O23/c1-5-22-58-51(79)34(16-6-11-23-56-39(70)18-8-13-26-81-53-42(59-31(2)67)48(76)45(73)36(84-53)21-25-64)63-52(80)35(62-41(72)20-10-15-28-83-55-44(61-33(4)69)50(78)47(75)38(30-66)86-55)17-7-12-24-57-40(71)19-9-14-27-82-54-43(60-32(3)68)49(77)46(74)37(29-65)85-54/h34-38,42-50,53-55,64-66,73-78H,5-30H2,1-4H3,(H,56,70)(H,57,71)(H,58,79)(H,59,67)(H,60,68)(H,61,69)(H,62,72)(H,63,80)/t34-,35-,36+,37+,38+,42+,43+,44+,45-,46-,47-,48+,49+,50+,53+,54+,55+/m0/s1. The highest BCUT2D eigenvalue weighted by Gasteiger charge is 2.48. The molecule has 3 aliphatic heterocycles. The van der Waals surface area contributed by atoms with Gasteiger partial charge in [-0.05, 0) is 89.9 Å². The summed E-state index contributed by atoms with van der Waals surface area (Å²) < 4.78 is 34.1. The molecule has 0 aromatic rings. The van der Waals surface area contributed by atoms with Crippen molar-refractivity contribution in [1.82, 2.24) is 42.5 Å². The third-order valence-electron chi connectivity index (χ3n) is 14.5. The topological polar surface area (TPSA) is 470 Å². The molecule has 496 valence electrons. The third kappa shape index (κ3) is 26.9. The van der Waals surface area contributed by atoms with Crippen molar-refractivity contribution >= 4 is 47.3 Å². The Bertz CT molecular complexity index is 2050. The molecule has 3 heterocycles. The molecule has 17 N–H and O–H groups in total. The first-order valence-corrected chi connectivity index (χ1v) is 30.0. The van der Waals surface area contributed by atoms with E-state index < -0.39 is 153 Å². The zero-order chi connectivity index (χ0) is 63.7. The summed E-state index contributed by atoms with van der Waals surface area (Å²) in [7, 11) is 0. The van der Waals surface area contributed by atoms with Gasteiger partial charge in [-0.15, -0.1) is 0 Å². The first-order valence-electron chi connectivity index (χ1n) is 30.0. The average molecular weight is 1240 g/mol. The molecular weight excluding hydrogens is 1140 g/mol. The molecule has 8 amide bonds. The summed E-state index contributed by atoms with van der Waals surface area (Å²) in [5.41, 5.74) is 0. The van der Waals surface area contributed by atoms with E-state index in [-0.39, 0.29) is 103 Å². The van der Waals surface area contributed by atoms with Gasteiger partial charge in [0.15, 0.2) is 18.9 Å². The van der Waals surface area contributed by atoms with E-state index in [0.29, 0.717) is 64.3 Å². The van der Waals surface area contributed by atoms with Crippen LogP contribution in [0.15, 0.2) is 0 Å². The van der Waals surface area contributed by atoms with Gasteiger partial charge in [0, 0.05) is 86.1 Å². The van der Waals surface area contributed by atoms with Gasteiger partial charge in [-0.25, -0.2) is 0 Å². The van der Waals surface area contributed by atoms with Crippen LogP contribution in [0.2, 0.25) is 0 Å². The minimum Gasteiger partial charge on any atom is -0.396 e. The molecule has 3 rings (SSSR count). The Balaban J connectivity index is 1.54. The number of hydrogen-bond donors (Lipinski definition) is 17. The van der Waals surface area contributed by atoms with Gasteiger partial charge in [0.25, 0.3) is 0 Å². The molecule has 3 aliphatic rings. The van der Waals surface area contributed by atoms with Crippen molar-refractivity contribution < 1.29 is 113 Å². The van der Waals surface area contributed by atoms with Crippen LogP contribution >= 0.6 is 0 Å². The van der Waals surface area contributed by atoms with Crippen LogP contribution in [-0.2, 0) is 66.8 Å². The van der Waals surface area contributed by atoms with E-state index >= 15 is 0 Å². The Hall–Kier alpha value is -4.84. The van der Waals surface area contributed by atoms with E-state index in [1.54, 1.807) is 0 Å². The van der Waals surface area contributed by atoms with Crippen LogP contribution in [0.3, 0.4) is 0 Å². The molecule has 3 fully saturated rings. The quantitative estimate of drug-likeness (QED) is 0.0255. The Morgan fingerprint density at radius 3 is 1.17 bits per heavy atom. The number of aliphatic hydroxyl groups excluding tert-OH is 9. The highest BCUT2D eigenvalue weighted by Crippen LogP contribution is 2.26. The van der Waals surface area contributed by atoms with Gasteiger partial charge in [0.05, 0.1) is 19.3 Å². The van der Waals surface area contributed by atoms with E-state index in [1.807, 2.05) is 6.92 Å². The molecule has 86 heavy (non-hydrogen) atoms. The van der Waals surface area contributed by atoms with Gasteiger partial charge in [-0.3, -0.25) is 38.4 Å². The molecule has 0 aromatic heterocycles. The zero-order valence-electron chi connectivity index (χ0n) is 49.9. The van der Waals surface area contributed by atoms with Gasteiger partial charge < -0.3 is 117 Å². The number of hydrogen-bond acceptors (Lipinski definition) is 23. The predicted octanol–water partition coefficient (Wildman–Crippen LogP) is -5.16. The lowest BCUT2D eigenvalue weighted by molar-refractivity contribution is -0.270. The fourth-order valence-electron chi connectivity index (χ4n) is 9.84. The lowest BCUT2D eigenvalue weighted by atomic mass is 9.95. The third-order valence-corrected chi connectivity index (χ3v) is 14.5. The van der Waals surface area contributed by atoms with Crippen LogP contribution in [0.1, 0.15) is 137 Å². The SMILES string of the molecule is CCCNC(=O)[C@H](CCCCNC(=O)CCCCO[C@@H]1O[C@H](CCO)[C@H](O)[C@H](O)[C@H]1NC(C)=O)NC(=O)[C@H](CCCCNC(=O)CCCCO[C@@H]1O[C@H](CO)[C@H](O)[C@H](O)[C@H]1NC(C)=O)NC(=O)CCCCO[C@@H]1O[C@H](CO)[C@H](O)[C@H](O)[C@H]1NC(C)=O. The van der Waals surface area contributed by atoms with Crippen molar-refractivity contribution in [2.24, 2.45) is 0 Å². The van der Waals surface area contributed by atoms with Gasteiger partial charge >= 0.3 is 0 Å². The lowest BCUT2D eigenvalue weighted by Crippen LogP contribution is -2.64. The molecule has 0 aromatic carbocycles. The Kier molecular flexibility index (Phi) is 36.3. The van der Waals surface area contributed by atoms with Crippen molar-refractivity contribution in [3.05, 3.63) is 0 Å². The summed E-state index contributed by atoms with van der Waals surface area (Å²) in [6.07, 6.45) is -10.6. The van der Waals surface area contributed by atoms with Crippen molar-refractivity contribution in [3.63, 3.8) is 0 Å². The first-order chi connectivity index (χ1) is 41.1. The number of nitrogens with one attached hydrogen (secondary N) is 8. The fraction of sp³-hybridized carbons (Fsp3) is 0.855. The molecular formula is C55H98N8O23. The monoisotopic (exact) mass is 1240 g/mol. The molecule has 0 radical (unpaired) electrons. The normalized spacial score (nSPS) is 28.0. The van der Waals surface area contributed by atoms with Gasteiger partial charge in [-0.1, -0.05) is 6.92 Å². The second-order valence-corrected chi connectivity index (χ2v) is 21.8. The number of rotatable bonds is 41. The highest BCUT2D eigenvalue weighted by atomic mass is 16.7. The average Bonchev–Trinajstić information content (AvgIpc) is 3.47. The van der Waals surface area contributed by atoms with Gasteiger partial charge in [0.1, 0.15) is 79.0 Å². The fourth-order valence-corrected chi connectivity index (χ4v) is 9.84. The van der Waals surface area contributed by atoms with Gasteiger partial charge in [-0.2, -0.15) is 0 Å². The predicted molar refractivity (Wildman–Crippen MR) is 301 cm³/mol. The molecule has 31 heteroatoms. The number of carbonyl (C=O) groups is 8. The molecule has 0 aliphatic carbocycles. The molecule has 0 saturated carbocycles. The largest absolute Gasteiger partial charge is 0.396 e. The van der Waals surface area contributed by atoms with Crippen LogP contribution in [0, 0.1) is 0 Å². The Labute approximate surface area is 501 Å². The lowest BCUT2D eigenvalue weighted by Gasteiger charge is -2.42. The van der Waals surface area contributed by atoms with Gasteiger partial charge in [0.2, 0.25) is 47.3 Å². The maximum atomic E-state index is 14.1. The summed E-state index contributed by atoms with van der Waals surface area (Å²) in [4.78, 5) is 102. The maximum Gasteiger partial charge on any atom is 0.243 e. The van der Waals surface area contributed by atoms with E-state index in [1.165, 1.54) is 20.8 Å². The van der Waals surface area contributed by atoms with Crippen LogP contribution in [0.4, 0.5) is 0 Å². The molecule has 0 unspecified atom stereocenters. The highest BCUT2D eigenvalue weighted by molar-refractivity contribution is 5.92. The number of aliphatic hydroxyl groups is 9. The number of unbranched alkanes of at least 4 members (excludes halogenated alkanes) is 5. The number of ether oxygens (including phenoxy) is 6. The Morgan fingerprint density at radius 2 is 0.802 bits per heavy atom. The first kappa shape index (κ1) is 75.4. The molecule has 17 atom stereocenters. The second-order valence-electron chi connectivity index (χ2n) is 21.8. The summed E-state index contributed by atoms with van der Waals surface area (Å²) in [6, 6.07) is -5.43. The summed E-state index contributed by atoms with van der Waals surface area (Å²) in [5, 5.41) is 113. The van der Waals surface area contributed by atoms with Crippen LogP contribution in [0.25, 0.3) is 0 Å². The number of carbonyl (C=O) groups excluding carboxylic acids is 8. The van der Waals surface area contributed by atoms with E-state index in [0.717, 1.165) is 0 Å². The molecule has 3 saturated heterocycles. The maximum absolute atomic E-state index is 14.1. The Morgan fingerprint density at radius 1 is 0.430 bits per heavy atom. The van der Waals surface area contributed by atoms with E-state index in [4.69, 9.17) is 28.4 Å². The summed E-state index contributed by atoms with van der Waals surface area (Å²) in [5.74, 6) is -3.57. The van der Waals surface area contributed by atoms with Crippen molar-refractivity contribution in [3.8, 4) is 0 Å². The van der Waals surface area contributed by atoms with Crippen molar-refractivity contribution in [1.29, 1.82) is 0 Å². The van der Waals surface area contributed by atoms with Crippen LogP contribution in [-0.4, -0.2) is 257 Å². The van der Waals surface area contributed by atoms with Crippen molar-refractivity contribution in [2.75, 3.05) is 59.3 Å². The second kappa shape index (κ2) is 41.4. The van der Waals surface area contributed by atoms with E-state index in [2.05, 4.69) is 42.5 Å². The summed E-state index contributed by atoms with van der Waals surface area (Å²) >= 11 is 0. The number of amides is 8. The molecule has 0 spiro atoms. The smallest absolute Gasteiger partial charge is 0.243 e. The minimum absolute atomic E-state index is 0.0149. The zero-order valence-corrected chi connectivity index (χ0v) is 49.9. The van der Waals surface area contributed by atoms with E-state index in [9.17, 15) is 84.3 Å². The minimum atomic E-state index is -1.51.